The largest absolute Gasteiger partial charge is 0.349 e. The van der Waals surface area contributed by atoms with Crippen LogP contribution in [0.1, 0.15) is 34.9 Å². The average Bonchev–Trinajstić information content (AvgIpc) is 3.24. The molecule has 0 aromatic carbocycles. The van der Waals surface area contributed by atoms with E-state index in [1.165, 1.54) is 23.4 Å². The van der Waals surface area contributed by atoms with Gasteiger partial charge in [-0.25, -0.2) is 8.42 Å². The summed E-state index contributed by atoms with van der Waals surface area (Å²) in [6.07, 6.45) is 3.58. The topological polar surface area (TPSA) is 98.4 Å². The Morgan fingerprint density at radius 2 is 2.04 bits per heavy atom. The van der Waals surface area contributed by atoms with E-state index in [-0.39, 0.29) is 5.91 Å². The van der Waals surface area contributed by atoms with Crippen LogP contribution in [-0.2, 0) is 10.0 Å². The number of aromatic amines is 1. The first-order valence-electron chi connectivity index (χ1n) is 7.94. The van der Waals surface area contributed by atoms with Crippen LogP contribution in [0.5, 0.6) is 0 Å². The van der Waals surface area contributed by atoms with Gasteiger partial charge in [0.25, 0.3) is 5.91 Å². The van der Waals surface area contributed by atoms with Gasteiger partial charge in [-0.3, -0.25) is 14.8 Å². The monoisotopic (exact) mass is 341 g/mol. The van der Waals surface area contributed by atoms with Gasteiger partial charge in [-0.1, -0.05) is 0 Å². The molecule has 1 amide bonds. The van der Waals surface area contributed by atoms with Crippen molar-refractivity contribution in [3.05, 3.63) is 17.5 Å². The lowest BCUT2D eigenvalue weighted by Gasteiger charge is -2.33. The Kier molecular flexibility index (Phi) is 4.69. The molecular weight excluding hydrogens is 318 g/mol. The zero-order chi connectivity index (χ0) is 16.4. The fourth-order valence-corrected chi connectivity index (χ4v) is 3.59. The van der Waals surface area contributed by atoms with Crippen molar-refractivity contribution in [2.24, 2.45) is 0 Å². The van der Waals surface area contributed by atoms with Crippen molar-refractivity contribution >= 4 is 15.9 Å². The Balaban J connectivity index is 1.38. The molecule has 2 aliphatic rings. The second kappa shape index (κ2) is 6.58. The van der Waals surface area contributed by atoms with Crippen LogP contribution in [0.4, 0.5) is 0 Å². The van der Waals surface area contributed by atoms with E-state index in [1.807, 2.05) is 6.07 Å². The fraction of sp³-hybridized carbons (Fsp3) is 0.714. The Bertz CT molecular complexity index is 660. The van der Waals surface area contributed by atoms with Crippen LogP contribution < -0.4 is 5.32 Å². The summed E-state index contributed by atoms with van der Waals surface area (Å²) in [5.41, 5.74) is 1.49. The highest BCUT2D eigenvalue weighted by Crippen LogP contribution is 2.38. The summed E-state index contributed by atoms with van der Waals surface area (Å²) in [5.74, 6) is 0.387. The first-order chi connectivity index (χ1) is 10.9. The van der Waals surface area contributed by atoms with E-state index in [4.69, 9.17) is 0 Å². The third-order valence-electron chi connectivity index (χ3n) is 4.36. The van der Waals surface area contributed by atoms with Crippen LogP contribution in [0.2, 0.25) is 0 Å². The minimum Gasteiger partial charge on any atom is -0.349 e. The maximum Gasteiger partial charge on any atom is 0.271 e. The number of rotatable bonds is 6. The number of piperazine rings is 1. The lowest BCUT2D eigenvalue weighted by molar-refractivity contribution is 0.0940. The minimum atomic E-state index is -3.09. The number of carbonyl (C=O) groups is 1. The lowest BCUT2D eigenvalue weighted by Crippen LogP contribution is -2.49. The van der Waals surface area contributed by atoms with Gasteiger partial charge in [0.15, 0.2) is 0 Å². The molecule has 2 fully saturated rings. The van der Waals surface area contributed by atoms with Gasteiger partial charge in [0.2, 0.25) is 10.0 Å². The van der Waals surface area contributed by atoms with Crippen molar-refractivity contribution in [2.45, 2.75) is 18.8 Å². The molecule has 0 atom stereocenters. The number of nitrogens with one attached hydrogen (secondary N) is 2. The first kappa shape index (κ1) is 16.4. The number of hydrogen-bond donors (Lipinski definition) is 2. The van der Waals surface area contributed by atoms with Crippen LogP contribution >= 0.6 is 0 Å². The quantitative estimate of drug-likeness (QED) is 0.733. The highest BCUT2D eigenvalue weighted by molar-refractivity contribution is 7.88. The van der Waals surface area contributed by atoms with Crippen LogP contribution in [-0.4, -0.2) is 79.3 Å². The Hall–Kier alpha value is -1.45. The second-order valence-corrected chi connectivity index (χ2v) is 8.22. The number of aromatic nitrogens is 2. The Morgan fingerprint density at radius 1 is 1.35 bits per heavy atom. The molecule has 8 nitrogen and oxygen atoms in total. The van der Waals surface area contributed by atoms with E-state index in [0.717, 1.165) is 5.69 Å². The van der Waals surface area contributed by atoms with E-state index >= 15 is 0 Å². The van der Waals surface area contributed by atoms with Crippen molar-refractivity contribution in [2.75, 3.05) is 45.5 Å². The maximum atomic E-state index is 12.0. The molecule has 23 heavy (non-hydrogen) atoms. The predicted octanol–water partition coefficient (Wildman–Crippen LogP) is -0.406. The predicted molar refractivity (Wildman–Crippen MR) is 85.8 cm³/mol. The van der Waals surface area contributed by atoms with E-state index < -0.39 is 10.0 Å². The summed E-state index contributed by atoms with van der Waals surface area (Å²) in [5, 5.41) is 9.84. The normalized spacial score (nSPS) is 20.6. The molecule has 1 aliphatic carbocycles. The van der Waals surface area contributed by atoms with E-state index in [2.05, 4.69) is 20.4 Å². The summed E-state index contributed by atoms with van der Waals surface area (Å²) in [6.45, 7) is 3.65. The van der Waals surface area contributed by atoms with Crippen LogP contribution in [0.15, 0.2) is 6.07 Å². The summed E-state index contributed by atoms with van der Waals surface area (Å²) in [7, 11) is -3.09. The van der Waals surface area contributed by atoms with Gasteiger partial charge in [0.05, 0.1) is 6.26 Å². The van der Waals surface area contributed by atoms with E-state index in [1.54, 1.807) is 0 Å². The number of hydrogen-bond acceptors (Lipinski definition) is 5. The first-order valence-corrected chi connectivity index (χ1v) is 9.79. The van der Waals surface area contributed by atoms with Gasteiger partial charge >= 0.3 is 0 Å². The summed E-state index contributed by atoms with van der Waals surface area (Å²) < 4.78 is 24.4. The number of amides is 1. The molecule has 9 heteroatoms. The molecule has 1 aliphatic heterocycles. The molecule has 1 saturated carbocycles. The van der Waals surface area contributed by atoms with Crippen molar-refractivity contribution < 1.29 is 13.2 Å². The third-order valence-corrected chi connectivity index (χ3v) is 5.66. The Morgan fingerprint density at radius 3 is 2.65 bits per heavy atom. The molecule has 0 unspecified atom stereocenters. The molecule has 1 saturated heterocycles. The minimum absolute atomic E-state index is 0.164. The van der Waals surface area contributed by atoms with Crippen LogP contribution in [0, 0.1) is 0 Å². The molecular formula is C14H23N5O3S. The highest BCUT2D eigenvalue weighted by Gasteiger charge is 2.26. The van der Waals surface area contributed by atoms with E-state index in [0.29, 0.717) is 50.9 Å². The maximum absolute atomic E-state index is 12.0. The zero-order valence-electron chi connectivity index (χ0n) is 13.3. The van der Waals surface area contributed by atoms with Gasteiger partial charge in [-0.05, 0) is 18.9 Å². The van der Waals surface area contributed by atoms with Gasteiger partial charge in [-0.15, -0.1) is 0 Å². The lowest BCUT2D eigenvalue weighted by atomic mass is 10.2. The SMILES string of the molecule is CS(=O)(=O)N1CCN(CCNC(=O)c2cc(C3CC3)[nH]n2)CC1. The van der Waals surface area contributed by atoms with Gasteiger partial charge in [-0.2, -0.15) is 9.40 Å². The van der Waals surface area contributed by atoms with Crippen LogP contribution in [0.25, 0.3) is 0 Å². The fourth-order valence-electron chi connectivity index (χ4n) is 2.76. The summed E-state index contributed by atoms with van der Waals surface area (Å²) in [4.78, 5) is 14.2. The molecule has 1 aromatic heterocycles. The zero-order valence-corrected chi connectivity index (χ0v) is 14.1. The third kappa shape index (κ3) is 4.30. The molecule has 2 N–H and O–H groups in total. The number of sulfonamides is 1. The summed E-state index contributed by atoms with van der Waals surface area (Å²) >= 11 is 0. The molecule has 1 aromatic rings. The van der Waals surface area contributed by atoms with Crippen molar-refractivity contribution in [1.82, 2.24) is 24.7 Å². The number of nitrogens with zero attached hydrogens (tertiary/aromatic N) is 3. The molecule has 128 valence electrons. The van der Waals surface area contributed by atoms with Crippen LogP contribution in [0.3, 0.4) is 0 Å². The molecule has 2 heterocycles. The standard InChI is InChI=1S/C14H23N5O3S/c1-23(21,22)19-8-6-18(7-9-19)5-4-15-14(20)13-10-12(16-17-13)11-2-3-11/h10-11H,2-9H2,1H3,(H,15,20)(H,16,17). The molecule has 0 spiro atoms. The van der Waals surface area contributed by atoms with Crippen molar-refractivity contribution in [3.63, 3.8) is 0 Å². The summed E-state index contributed by atoms with van der Waals surface area (Å²) in [6, 6.07) is 1.83. The van der Waals surface area contributed by atoms with E-state index in [9.17, 15) is 13.2 Å². The Labute approximate surface area is 136 Å². The number of carbonyl (C=O) groups excluding carboxylic acids is 1. The van der Waals surface area contributed by atoms with Crippen molar-refractivity contribution in [3.8, 4) is 0 Å². The van der Waals surface area contributed by atoms with Gasteiger partial charge in [0, 0.05) is 50.9 Å². The number of H-pyrrole nitrogens is 1. The van der Waals surface area contributed by atoms with Gasteiger partial charge in [0.1, 0.15) is 5.69 Å². The second-order valence-electron chi connectivity index (χ2n) is 6.24. The van der Waals surface area contributed by atoms with Crippen molar-refractivity contribution in [1.29, 1.82) is 0 Å². The van der Waals surface area contributed by atoms with Gasteiger partial charge < -0.3 is 5.32 Å². The molecule has 0 bridgehead atoms. The molecule has 0 radical (unpaired) electrons. The highest BCUT2D eigenvalue weighted by atomic mass is 32.2. The average molecular weight is 341 g/mol. The molecule has 3 rings (SSSR count). The smallest absolute Gasteiger partial charge is 0.271 e.